The highest BCUT2D eigenvalue weighted by Crippen LogP contribution is 2.18. The second kappa shape index (κ2) is 3.17. The Kier molecular flexibility index (Phi) is 2.40. The van der Waals surface area contributed by atoms with Gasteiger partial charge in [-0.2, -0.15) is 0 Å². The van der Waals surface area contributed by atoms with Gasteiger partial charge in [-0.3, -0.25) is 0 Å². The summed E-state index contributed by atoms with van der Waals surface area (Å²) < 4.78 is 2.22. The molecule has 0 aliphatic rings. The van der Waals surface area contributed by atoms with E-state index in [1.54, 1.807) is 0 Å². The van der Waals surface area contributed by atoms with Gasteiger partial charge in [-0.1, -0.05) is 0 Å². The molecule has 0 atom stereocenters. The molecular formula is C9H17N3. The molecule has 0 aliphatic heterocycles. The molecule has 12 heavy (non-hydrogen) atoms. The van der Waals surface area contributed by atoms with Crippen LogP contribution in [0.1, 0.15) is 25.6 Å². The highest BCUT2D eigenvalue weighted by Gasteiger charge is 2.10. The number of hydrogen-bond donors (Lipinski definition) is 0. The summed E-state index contributed by atoms with van der Waals surface area (Å²) in [5, 5.41) is 0. The SMILES string of the molecule is Cc1cnc(N(C)C)n1C(C)C. The average molecular weight is 167 g/mol. The molecule has 0 bridgehead atoms. The fourth-order valence-corrected chi connectivity index (χ4v) is 1.40. The summed E-state index contributed by atoms with van der Waals surface area (Å²) in [7, 11) is 4.03. The summed E-state index contributed by atoms with van der Waals surface area (Å²) in [4.78, 5) is 6.36. The topological polar surface area (TPSA) is 21.1 Å². The van der Waals surface area contributed by atoms with Gasteiger partial charge in [0.2, 0.25) is 5.95 Å². The minimum Gasteiger partial charge on any atom is -0.348 e. The maximum absolute atomic E-state index is 4.33. The Bertz CT molecular complexity index is 261. The number of imidazole rings is 1. The zero-order valence-corrected chi connectivity index (χ0v) is 8.50. The molecule has 0 unspecified atom stereocenters. The molecule has 1 heterocycles. The van der Waals surface area contributed by atoms with E-state index >= 15 is 0 Å². The van der Waals surface area contributed by atoms with Crippen LogP contribution < -0.4 is 4.90 Å². The quantitative estimate of drug-likeness (QED) is 0.670. The van der Waals surface area contributed by atoms with E-state index in [0.717, 1.165) is 5.95 Å². The molecule has 0 aliphatic carbocycles. The van der Waals surface area contributed by atoms with Crippen molar-refractivity contribution in [2.24, 2.45) is 0 Å². The summed E-state index contributed by atoms with van der Waals surface area (Å²) in [6, 6.07) is 0.477. The third-order valence-corrected chi connectivity index (χ3v) is 1.88. The van der Waals surface area contributed by atoms with Gasteiger partial charge in [0.25, 0.3) is 0 Å². The highest BCUT2D eigenvalue weighted by molar-refractivity contribution is 5.31. The summed E-state index contributed by atoms with van der Waals surface area (Å²) in [5.74, 6) is 1.03. The molecule has 1 aromatic rings. The van der Waals surface area contributed by atoms with Gasteiger partial charge in [0, 0.05) is 25.8 Å². The van der Waals surface area contributed by atoms with Crippen LogP contribution in [0.3, 0.4) is 0 Å². The van der Waals surface area contributed by atoms with Crippen LogP contribution in [-0.2, 0) is 0 Å². The van der Waals surface area contributed by atoms with E-state index in [1.165, 1.54) is 5.69 Å². The van der Waals surface area contributed by atoms with Crippen LogP contribution in [0.4, 0.5) is 5.95 Å². The molecule has 0 saturated carbocycles. The van der Waals surface area contributed by atoms with Crippen molar-refractivity contribution in [1.29, 1.82) is 0 Å². The molecule has 0 aromatic carbocycles. The molecule has 0 spiro atoms. The van der Waals surface area contributed by atoms with Crippen molar-refractivity contribution in [2.45, 2.75) is 26.8 Å². The van der Waals surface area contributed by atoms with Gasteiger partial charge >= 0.3 is 0 Å². The van der Waals surface area contributed by atoms with Crippen LogP contribution in [-0.4, -0.2) is 23.6 Å². The van der Waals surface area contributed by atoms with E-state index < -0.39 is 0 Å². The van der Waals surface area contributed by atoms with Gasteiger partial charge in [0.1, 0.15) is 0 Å². The second-order valence-corrected chi connectivity index (χ2v) is 3.56. The predicted octanol–water partition coefficient (Wildman–Crippen LogP) is 1.84. The first-order valence-corrected chi connectivity index (χ1v) is 4.25. The van der Waals surface area contributed by atoms with Crippen molar-refractivity contribution < 1.29 is 0 Å². The van der Waals surface area contributed by atoms with Crippen molar-refractivity contribution in [3.8, 4) is 0 Å². The van der Waals surface area contributed by atoms with Crippen LogP contribution in [0.5, 0.6) is 0 Å². The standard InChI is InChI=1S/C9H17N3/c1-7(2)12-8(3)6-10-9(12)11(4)5/h6-7H,1-5H3. The van der Waals surface area contributed by atoms with Gasteiger partial charge in [-0.25, -0.2) is 4.98 Å². The average Bonchev–Trinajstić information content (AvgIpc) is 2.30. The van der Waals surface area contributed by atoms with E-state index in [4.69, 9.17) is 0 Å². The fraction of sp³-hybridized carbons (Fsp3) is 0.667. The summed E-state index contributed by atoms with van der Waals surface area (Å²) in [5.41, 5.74) is 1.22. The normalized spacial score (nSPS) is 10.8. The molecule has 1 aromatic heterocycles. The first kappa shape index (κ1) is 9.10. The number of nitrogens with zero attached hydrogens (tertiary/aromatic N) is 3. The van der Waals surface area contributed by atoms with Gasteiger partial charge in [0.05, 0.1) is 6.20 Å². The number of aryl methyl sites for hydroxylation is 1. The van der Waals surface area contributed by atoms with Crippen LogP contribution in [0.15, 0.2) is 6.20 Å². The Morgan fingerprint density at radius 2 is 2.00 bits per heavy atom. The Labute approximate surface area is 74.0 Å². The molecule has 0 amide bonds. The van der Waals surface area contributed by atoms with Crippen LogP contribution >= 0.6 is 0 Å². The maximum atomic E-state index is 4.33. The molecule has 0 N–H and O–H groups in total. The van der Waals surface area contributed by atoms with Crippen molar-refractivity contribution >= 4 is 5.95 Å². The molecule has 1 rings (SSSR count). The highest BCUT2D eigenvalue weighted by atomic mass is 15.3. The lowest BCUT2D eigenvalue weighted by molar-refractivity contribution is 0.584. The minimum absolute atomic E-state index is 0.477. The monoisotopic (exact) mass is 167 g/mol. The van der Waals surface area contributed by atoms with Gasteiger partial charge in [0.15, 0.2) is 0 Å². The molecule has 3 nitrogen and oxygen atoms in total. The van der Waals surface area contributed by atoms with Crippen LogP contribution in [0, 0.1) is 6.92 Å². The first-order chi connectivity index (χ1) is 5.54. The Hall–Kier alpha value is -0.990. The van der Waals surface area contributed by atoms with E-state index in [-0.39, 0.29) is 0 Å². The number of rotatable bonds is 2. The fourth-order valence-electron chi connectivity index (χ4n) is 1.40. The van der Waals surface area contributed by atoms with Gasteiger partial charge in [-0.05, 0) is 20.8 Å². The lowest BCUT2D eigenvalue weighted by atomic mass is 10.3. The first-order valence-electron chi connectivity index (χ1n) is 4.25. The molecule has 0 fully saturated rings. The van der Waals surface area contributed by atoms with Crippen molar-refractivity contribution in [3.05, 3.63) is 11.9 Å². The van der Waals surface area contributed by atoms with Crippen molar-refractivity contribution in [3.63, 3.8) is 0 Å². The van der Waals surface area contributed by atoms with E-state index in [0.29, 0.717) is 6.04 Å². The summed E-state index contributed by atoms with van der Waals surface area (Å²) in [6.07, 6.45) is 1.91. The summed E-state index contributed by atoms with van der Waals surface area (Å²) >= 11 is 0. The van der Waals surface area contributed by atoms with Gasteiger partial charge in [-0.15, -0.1) is 0 Å². The third-order valence-electron chi connectivity index (χ3n) is 1.88. The Morgan fingerprint density at radius 1 is 1.42 bits per heavy atom. The minimum atomic E-state index is 0.477. The molecule has 3 heteroatoms. The number of anilines is 1. The molecule has 0 radical (unpaired) electrons. The van der Waals surface area contributed by atoms with E-state index in [2.05, 4.69) is 30.3 Å². The Balaban J connectivity index is 3.12. The lowest BCUT2D eigenvalue weighted by Crippen LogP contribution is -2.17. The third kappa shape index (κ3) is 1.44. The molecular weight excluding hydrogens is 150 g/mol. The zero-order valence-electron chi connectivity index (χ0n) is 8.50. The molecule has 0 saturated heterocycles. The largest absolute Gasteiger partial charge is 0.348 e. The lowest BCUT2D eigenvalue weighted by Gasteiger charge is -2.18. The zero-order chi connectivity index (χ0) is 9.30. The number of hydrogen-bond acceptors (Lipinski definition) is 2. The van der Waals surface area contributed by atoms with Crippen LogP contribution in [0.2, 0.25) is 0 Å². The number of aromatic nitrogens is 2. The summed E-state index contributed by atoms with van der Waals surface area (Å²) in [6.45, 7) is 6.42. The van der Waals surface area contributed by atoms with E-state index in [1.807, 2.05) is 25.2 Å². The van der Waals surface area contributed by atoms with Crippen LogP contribution in [0.25, 0.3) is 0 Å². The predicted molar refractivity (Wildman–Crippen MR) is 51.7 cm³/mol. The second-order valence-electron chi connectivity index (χ2n) is 3.56. The maximum Gasteiger partial charge on any atom is 0.205 e. The van der Waals surface area contributed by atoms with Crippen molar-refractivity contribution in [1.82, 2.24) is 9.55 Å². The van der Waals surface area contributed by atoms with E-state index in [9.17, 15) is 0 Å². The van der Waals surface area contributed by atoms with Crippen molar-refractivity contribution in [2.75, 3.05) is 19.0 Å². The molecule has 68 valence electrons. The Morgan fingerprint density at radius 3 is 2.33 bits per heavy atom. The smallest absolute Gasteiger partial charge is 0.205 e. The van der Waals surface area contributed by atoms with Gasteiger partial charge < -0.3 is 9.47 Å².